The van der Waals surface area contributed by atoms with E-state index in [1.165, 1.54) is 0 Å². The highest BCUT2D eigenvalue weighted by Crippen LogP contribution is 2.46. The van der Waals surface area contributed by atoms with Gasteiger partial charge in [0.2, 0.25) is 11.8 Å². The van der Waals surface area contributed by atoms with Gasteiger partial charge in [-0.1, -0.05) is 86.9 Å². The van der Waals surface area contributed by atoms with Crippen LogP contribution in [0.5, 0.6) is 0 Å². The number of unbranched alkanes of at least 4 members (excludes halogenated alkanes) is 1. The summed E-state index contributed by atoms with van der Waals surface area (Å²) >= 11 is 0. The highest BCUT2D eigenvalue weighted by Gasteiger charge is 2.36. The van der Waals surface area contributed by atoms with Crippen LogP contribution in [0.4, 0.5) is 11.4 Å². The number of carbonyl (C=O) groups excluding carboxylic acids is 3. The number of anilines is 2. The second kappa shape index (κ2) is 20.1. The number of hydrogen-bond donors (Lipinski definition) is 5. The summed E-state index contributed by atoms with van der Waals surface area (Å²) < 4.78 is 1.74. The molecular formula is C42H55N7O3. The zero-order chi connectivity index (χ0) is 36.5. The highest BCUT2D eigenvalue weighted by atomic mass is 16.2. The molecule has 2 unspecified atom stereocenters. The Morgan fingerprint density at radius 1 is 0.942 bits per heavy atom. The summed E-state index contributed by atoms with van der Waals surface area (Å²) in [5.74, 6) is -0.596. The first-order chi connectivity index (χ1) is 25.4. The summed E-state index contributed by atoms with van der Waals surface area (Å²) in [5.41, 5.74) is 9.98. The van der Waals surface area contributed by atoms with Crippen molar-refractivity contribution < 1.29 is 14.4 Å². The number of aromatic nitrogens is 2. The fourth-order valence-corrected chi connectivity index (χ4v) is 7.03. The van der Waals surface area contributed by atoms with Crippen molar-refractivity contribution in [1.29, 1.82) is 0 Å². The van der Waals surface area contributed by atoms with E-state index < -0.39 is 6.04 Å². The standard InChI is InChI=1S/C42H55N7O3/c1-3-4-5-6-7-8-9-10-11-12-13-14-15-16-17-18-22-25-37(50)47-40(31-23-20-19-21-24-31)42(52)45-33-26-34-38-35(29-43-48-41(34)51)39(46-36(38)27-33)32-28-44-49(2)30-32/h4-5,7-8,10-11,13-14,16-17,26-31,39-40,43,46H,3,6,9,12,15,18-25H2,1-2H3,(H,45,52)(H,47,50)(H,48,51). The first-order valence-corrected chi connectivity index (χ1v) is 19.0. The number of benzene rings is 1. The summed E-state index contributed by atoms with van der Waals surface area (Å²) in [6.45, 7) is 2.15. The van der Waals surface area contributed by atoms with E-state index in [4.69, 9.17) is 0 Å². The lowest BCUT2D eigenvalue weighted by Crippen LogP contribution is -2.49. The molecule has 0 radical (unpaired) electrons. The number of nitrogens with zero attached hydrogens (tertiary/aromatic N) is 2. The lowest BCUT2D eigenvalue weighted by atomic mass is 9.83. The third kappa shape index (κ3) is 10.9. The van der Waals surface area contributed by atoms with Crippen LogP contribution in [0.2, 0.25) is 0 Å². The molecule has 276 valence electrons. The molecule has 1 fully saturated rings. The average molecular weight is 706 g/mol. The molecule has 0 saturated heterocycles. The molecule has 5 N–H and O–H groups in total. The molecule has 2 aliphatic heterocycles. The van der Waals surface area contributed by atoms with Crippen molar-refractivity contribution in [3.63, 3.8) is 0 Å². The van der Waals surface area contributed by atoms with Crippen LogP contribution < -0.4 is 26.8 Å². The van der Waals surface area contributed by atoms with Crippen LogP contribution in [0, 0.1) is 5.92 Å². The van der Waals surface area contributed by atoms with E-state index in [9.17, 15) is 14.4 Å². The maximum atomic E-state index is 13.9. The van der Waals surface area contributed by atoms with Crippen molar-refractivity contribution in [2.24, 2.45) is 13.0 Å². The Balaban J connectivity index is 1.11. The topological polar surface area (TPSA) is 129 Å². The number of allylic oxidation sites excluding steroid dienone is 10. The van der Waals surface area contributed by atoms with Crippen molar-refractivity contribution in [2.45, 2.75) is 102 Å². The van der Waals surface area contributed by atoms with Crippen LogP contribution in [-0.2, 0) is 16.6 Å². The van der Waals surface area contributed by atoms with Crippen molar-refractivity contribution in [1.82, 2.24) is 25.9 Å². The highest BCUT2D eigenvalue weighted by molar-refractivity contribution is 6.08. The van der Waals surface area contributed by atoms with Gasteiger partial charge in [-0.25, -0.2) is 0 Å². The predicted molar refractivity (Wildman–Crippen MR) is 210 cm³/mol. The van der Waals surface area contributed by atoms with E-state index in [-0.39, 0.29) is 29.7 Å². The first kappa shape index (κ1) is 38.1. The maximum absolute atomic E-state index is 13.9. The van der Waals surface area contributed by atoms with Gasteiger partial charge in [0.1, 0.15) is 6.04 Å². The minimum Gasteiger partial charge on any atom is -0.373 e. The summed E-state index contributed by atoms with van der Waals surface area (Å²) in [7, 11) is 1.86. The van der Waals surface area contributed by atoms with Crippen molar-refractivity contribution >= 4 is 34.7 Å². The second-order valence-electron chi connectivity index (χ2n) is 13.7. The fourth-order valence-electron chi connectivity index (χ4n) is 7.03. The van der Waals surface area contributed by atoms with Gasteiger partial charge in [0.15, 0.2) is 0 Å². The van der Waals surface area contributed by atoms with Gasteiger partial charge in [0.05, 0.1) is 17.8 Å². The smallest absolute Gasteiger partial charge is 0.270 e. The molecule has 3 heterocycles. The summed E-state index contributed by atoms with van der Waals surface area (Å²) in [6.07, 6.45) is 39.0. The van der Waals surface area contributed by atoms with Gasteiger partial charge in [-0.05, 0) is 75.8 Å². The van der Waals surface area contributed by atoms with Gasteiger partial charge < -0.3 is 21.4 Å². The Kier molecular flexibility index (Phi) is 14.7. The third-order valence-electron chi connectivity index (χ3n) is 9.67. The number of aryl methyl sites for hydroxylation is 1. The van der Waals surface area contributed by atoms with Crippen molar-refractivity contribution in [2.75, 3.05) is 10.6 Å². The van der Waals surface area contributed by atoms with Gasteiger partial charge in [-0.15, -0.1) is 0 Å². The Morgan fingerprint density at radius 2 is 1.62 bits per heavy atom. The van der Waals surface area contributed by atoms with Crippen LogP contribution in [0.1, 0.15) is 118 Å². The minimum absolute atomic E-state index is 0.0646. The fraction of sp³-hybridized carbons (Fsp3) is 0.429. The Hall–Kier alpha value is -5.12. The van der Waals surface area contributed by atoms with Crippen LogP contribution in [0.15, 0.2) is 91.5 Å². The van der Waals surface area contributed by atoms with Gasteiger partial charge in [0, 0.05) is 53.9 Å². The van der Waals surface area contributed by atoms with E-state index in [0.29, 0.717) is 24.1 Å². The lowest BCUT2D eigenvalue weighted by Gasteiger charge is -2.30. The van der Waals surface area contributed by atoms with Crippen molar-refractivity contribution in [3.05, 3.63) is 108 Å². The Labute approximate surface area is 308 Å². The molecule has 10 nitrogen and oxygen atoms in total. The van der Waals surface area contributed by atoms with Gasteiger partial charge in [-0.3, -0.25) is 24.5 Å². The molecule has 2 aromatic rings. The molecule has 1 saturated carbocycles. The molecule has 2 atom stereocenters. The quantitative estimate of drug-likeness (QED) is 0.0788. The number of rotatable bonds is 18. The Morgan fingerprint density at radius 3 is 2.27 bits per heavy atom. The molecule has 52 heavy (non-hydrogen) atoms. The third-order valence-corrected chi connectivity index (χ3v) is 9.67. The minimum atomic E-state index is -0.643. The van der Waals surface area contributed by atoms with E-state index >= 15 is 0 Å². The summed E-state index contributed by atoms with van der Waals surface area (Å²) in [5, 5.41) is 14.0. The van der Waals surface area contributed by atoms with E-state index in [1.54, 1.807) is 23.1 Å². The molecule has 3 aliphatic rings. The molecule has 3 amide bonds. The number of nitrogens with one attached hydrogen (secondary N) is 5. The first-order valence-electron chi connectivity index (χ1n) is 19.0. The maximum Gasteiger partial charge on any atom is 0.270 e. The molecule has 1 aliphatic carbocycles. The number of hydrazine groups is 1. The van der Waals surface area contributed by atoms with Gasteiger partial charge >= 0.3 is 0 Å². The zero-order valence-corrected chi connectivity index (χ0v) is 30.7. The van der Waals surface area contributed by atoms with Crippen LogP contribution in [0.3, 0.4) is 0 Å². The van der Waals surface area contributed by atoms with Gasteiger partial charge in [-0.2, -0.15) is 5.10 Å². The number of amides is 3. The molecular weight excluding hydrogens is 651 g/mol. The molecule has 1 aromatic heterocycles. The zero-order valence-electron chi connectivity index (χ0n) is 30.7. The van der Waals surface area contributed by atoms with Gasteiger partial charge in [0.25, 0.3) is 5.91 Å². The van der Waals surface area contributed by atoms with E-state index in [2.05, 4.69) is 99.6 Å². The average Bonchev–Trinajstić information content (AvgIpc) is 3.69. The normalized spacial score (nSPS) is 18.1. The number of carbonyl (C=O) groups is 3. The number of hydrogen-bond acceptors (Lipinski definition) is 6. The molecule has 1 aromatic carbocycles. The SMILES string of the molecule is CCC=CCC=CCC=CCC=CCC=CCCCC(=O)NC(C(=O)Nc1cc2c3c(c1)C(=O)NNC=C3C(c1cnn(C)c1)N2)C1CCCCC1. The molecule has 0 spiro atoms. The van der Waals surface area contributed by atoms with Crippen molar-refractivity contribution in [3.8, 4) is 0 Å². The summed E-state index contributed by atoms with van der Waals surface area (Å²) in [6, 6.07) is 2.73. The Bertz CT molecular complexity index is 1710. The van der Waals surface area contributed by atoms with E-state index in [0.717, 1.165) is 93.0 Å². The molecule has 10 heteroatoms. The van der Waals surface area contributed by atoms with Crippen LogP contribution >= 0.6 is 0 Å². The monoisotopic (exact) mass is 705 g/mol. The molecule has 5 rings (SSSR count). The van der Waals surface area contributed by atoms with E-state index in [1.807, 2.05) is 19.3 Å². The predicted octanol–water partition coefficient (Wildman–Crippen LogP) is 8.10. The largest absolute Gasteiger partial charge is 0.373 e. The lowest BCUT2D eigenvalue weighted by molar-refractivity contribution is -0.128. The summed E-state index contributed by atoms with van der Waals surface area (Å²) in [4.78, 5) is 40.1. The molecule has 0 bridgehead atoms. The van der Waals surface area contributed by atoms with Crippen LogP contribution in [0.25, 0.3) is 5.57 Å². The second-order valence-corrected chi connectivity index (χ2v) is 13.7. The van der Waals surface area contributed by atoms with Crippen LogP contribution in [-0.4, -0.2) is 33.5 Å².